The van der Waals surface area contributed by atoms with Crippen molar-refractivity contribution < 1.29 is 0 Å². The maximum Gasteiger partial charge on any atom is 0.0633 e. The number of benzene rings is 8. The van der Waals surface area contributed by atoms with Gasteiger partial charge in [0.1, 0.15) is 0 Å². The molecule has 0 fully saturated rings. The molecule has 0 atom stereocenters. The normalized spacial score (nSPS) is 13.3. The number of thiophene rings is 1. The van der Waals surface area contributed by atoms with E-state index in [1.165, 1.54) is 86.5 Å². The van der Waals surface area contributed by atoms with E-state index in [0.717, 1.165) is 5.69 Å². The van der Waals surface area contributed by atoms with Crippen molar-refractivity contribution in [3.63, 3.8) is 0 Å². The lowest BCUT2D eigenvalue weighted by atomic mass is 9.82. The molecule has 0 aliphatic heterocycles. The van der Waals surface area contributed by atoms with Gasteiger partial charge in [-0.15, -0.1) is 11.3 Å². The molecule has 2 heteroatoms. The molecule has 9 aromatic rings. The second kappa shape index (κ2) is 10.7. The zero-order valence-corrected chi connectivity index (χ0v) is 28.3. The summed E-state index contributed by atoms with van der Waals surface area (Å²) in [6.07, 6.45) is 0. The molecule has 1 aromatic heterocycles. The minimum Gasteiger partial charge on any atom is -0.309 e. The van der Waals surface area contributed by atoms with E-state index in [1.807, 2.05) is 11.3 Å². The third-order valence-corrected chi connectivity index (χ3v) is 11.7. The first kappa shape index (κ1) is 28.3. The molecule has 1 aliphatic rings. The fourth-order valence-corrected chi connectivity index (χ4v) is 9.33. The predicted octanol–water partition coefficient (Wildman–Crippen LogP) is 13.8. The fourth-order valence-electron chi connectivity index (χ4n) is 8.17. The van der Waals surface area contributed by atoms with Crippen molar-refractivity contribution in [3.8, 4) is 22.3 Å². The quantitative estimate of drug-likeness (QED) is 0.184. The Morgan fingerprint density at radius 1 is 0.449 bits per heavy atom. The number of anilines is 3. The molecule has 1 nitrogen and oxygen atoms in total. The van der Waals surface area contributed by atoms with Gasteiger partial charge in [0.15, 0.2) is 0 Å². The van der Waals surface area contributed by atoms with Gasteiger partial charge in [-0.25, -0.2) is 0 Å². The summed E-state index contributed by atoms with van der Waals surface area (Å²) in [5, 5.41) is 7.63. The van der Waals surface area contributed by atoms with E-state index in [-0.39, 0.29) is 5.41 Å². The van der Waals surface area contributed by atoms with Crippen molar-refractivity contribution in [2.75, 3.05) is 4.90 Å². The van der Waals surface area contributed by atoms with Crippen LogP contribution in [0.1, 0.15) is 25.0 Å². The lowest BCUT2D eigenvalue weighted by Gasteiger charge is -2.30. The number of hydrogen-bond acceptors (Lipinski definition) is 2. The van der Waals surface area contributed by atoms with E-state index in [2.05, 4.69) is 183 Å². The van der Waals surface area contributed by atoms with E-state index in [9.17, 15) is 0 Å². The zero-order valence-electron chi connectivity index (χ0n) is 27.4. The van der Waals surface area contributed by atoms with Gasteiger partial charge < -0.3 is 4.90 Å². The summed E-state index contributed by atoms with van der Waals surface area (Å²) in [7, 11) is 0. The molecule has 1 aliphatic carbocycles. The molecule has 0 spiro atoms. The largest absolute Gasteiger partial charge is 0.309 e. The highest BCUT2D eigenvalue weighted by Gasteiger charge is 2.36. The van der Waals surface area contributed by atoms with Crippen LogP contribution in [0.4, 0.5) is 17.1 Å². The van der Waals surface area contributed by atoms with Gasteiger partial charge in [0.2, 0.25) is 0 Å². The second-order valence-corrected chi connectivity index (χ2v) is 14.8. The number of hydrogen-bond donors (Lipinski definition) is 0. The molecule has 0 radical (unpaired) electrons. The minimum atomic E-state index is -0.100. The van der Waals surface area contributed by atoms with Crippen LogP contribution < -0.4 is 4.90 Å². The molecule has 0 amide bonds. The van der Waals surface area contributed by atoms with Crippen LogP contribution in [0.3, 0.4) is 0 Å². The fraction of sp³-hybridized carbons (Fsp3) is 0.0638. The van der Waals surface area contributed by atoms with Gasteiger partial charge in [0.05, 0.1) is 5.69 Å². The summed E-state index contributed by atoms with van der Waals surface area (Å²) >= 11 is 1.88. The van der Waals surface area contributed by atoms with Gasteiger partial charge in [-0.2, -0.15) is 0 Å². The van der Waals surface area contributed by atoms with E-state index in [0.29, 0.717) is 0 Å². The molecule has 0 unspecified atom stereocenters. The van der Waals surface area contributed by atoms with Crippen LogP contribution in [0.2, 0.25) is 0 Å². The van der Waals surface area contributed by atoms with E-state index >= 15 is 0 Å². The lowest BCUT2D eigenvalue weighted by Crippen LogP contribution is -2.16. The van der Waals surface area contributed by atoms with Crippen LogP contribution in [0.25, 0.3) is 64.0 Å². The molecule has 0 saturated heterocycles. The Bertz CT molecular complexity index is 2750. The number of rotatable bonds is 4. The van der Waals surface area contributed by atoms with Crippen LogP contribution in [0.5, 0.6) is 0 Å². The molecule has 0 saturated carbocycles. The smallest absolute Gasteiger partial charge is 0.0633 e. The van der Waals surface area contributed by atoms with E-state index in [1.54, 1.807) is 0 Å². The maximum atomic E-state index is 2.52. The lowest BCUT2D eigenvalue weighted by molar-refractivity contribution is 0.660. The van der Waals surface area contributed by atoms with Crippen LogP contribution in [-0.4, -0.2) is 0 Å². The van der Waals surface area contributed by atoms with Crippen molar-refractivity contribution in [3.05, 3.63) is 175 Å². The summed E-state index contributed by atoms with van der Waals surface area (Å²) in [6.45, 7) is 4.74. The number of nitrogens with zero attached hydrogens (tertiary/aromatic N) is 1. The van der Waals surface area contributed by atoms with Crippen molar-refractivity contribution in [1.29, 1.82) is 0 Å². The van der Waals surface area contributed by atoms with Crippen LogP contribution >= 0.6 is 11.3 Å². The average Bonchev–Trinajstić information content (AvgIpc) is 3.63. The molecule has 0 N–H and O–H groups in total. The van der Waals surface area contributed by atoms with E-state index < -0.39 is 0 Å². The minimum absolute atomic E-state index is 0.100. The van der Waals surface area contributed by atoms with Crippen molar-refractivity contribution in [2.45, 2.75) is 19.3 Å². The number of fused-ring (bicyclic) bond motifs is 8. The van der Waals surface area contributed by atoms with Gasteiger partial charge in [-0.1, -0.05) is 135 Å². The Labute approximate surface area is 290 Å². The molecular formula is C47H33NS. The summed E-state index contributed by atoms with van der Waals surface area (Å²) in [5.74, 6) is 0. The van der Waals surface area contributed by atoms with E-state index in [4.69, 9.17) is 0 Å². The van der Waals surface area contributed by atoms with Crippen LogP contribution in [-0.2, 0) is 5.41 Å². The molecule has 49 heavy (non-hydrogen) atoms. The topological polar surface area (TPSA) is 3.24 Å². The third-order valence-electron chi connectivity index (χ3n) is 10.6. The monoisotopic (exact) mass is 643 g/mol. The predicted molar refractivity (Wildman–Crippen MR) is 212 cm³/mol. The summed E-state index contributed by atoms with van der Waals surface area (Å²) in [5.41, 5.74) is 11.3. The first-order chi connectivity index (χ1) is 24.0. The first-order valence-electron chi connectivity index (χ1n) is 17.0. The van der Waals surface area contributed by atoms with Gasteiger partial charge >= 0.3 is 0 Å². The highest BCUT2D eigenvalue weighted by molar-refractivity contribution is 7.26. The molecule has 232 valence electrons. The second-order valence-electron chi connectivity index (χ2n) is 13.8. The van der Waals surface area contributed by atoms with Crippen LogP contribution in [0.15, 0.2) is 164 Å². The highest BCUT2D eigenvalue weighted by Crippen LogP contribution is 2.53. The Kier molecular flexibility index (Phi) is 6.16. The standard InChI is InChI=1S/C47H33NS/c1-47(2)41-17-9-7-15-38(41)39-26-25-36(29-42(39)47)48(35-23-21-31(22-24-35)33-20-19-30-11-3-4-12-32(30)27-33)46-37-14-6-5-13-34(37)28-44-45(46)40-16-8-10-18-43(40)49-44/h3-29H,1-2H3. The average molecular weight is 644 g/mol. The Hall–Kier alpha value is -5.70. The molecule has 10 rings (SSSR count). The Balaban J connectivity index is 1.23. The maximum absolute atomic E-state index is 2.52. The summed E-state index contributed by atoms with van der Waals surface area (Å²) in [4.78, 5) is 2.52. The molecular weight excluding hydrogens is 611 g/mol. The van der Waals surface area contributed by atoms with Gasteiger partial charge in [-0.05, 0) is 92.0 Å². The summed E-state index contributed by atoms with van der Waals surface area (Å²) < 4.78 is 2.62. The summed E-state index contributed by atoms with van der Waals surface area (Å²) in [6, 6.07) is 60.7. The van der Waals surface area contributed by atoms with Crippen molar-refractivity contribution in [2.24, 2.45) is 0 Å². The van der Waals surface area contributed by atoms with Gasteiger partial charge in [0.25, 0.3) is 0 Å². The Morgan fingerprint density at radius 2 is 1.10 bits per heavy atom. The third kappa shape index (κ3) is 4.31. The van der Waals surface area contributed by atoms with Crippen LogP contribution in [0, 0.1) is 0 Å². The van der Waals surface area contributed by atoms with Gasteiger partial charge in [-0.3, -0.25) is 0 Å². The highest BCUT2D eigenvalue weighted by atomic mass is 32.1. The Morgan fingerprint density at radius 3 is 1.96 bits per heavy atom. The zero-order chi connectivity index (χ0) is 32.7. The van der Waals surface area contributed by atoms with Crippen molar-refractivity contribution in [1.82, 2.24) is 0 Å². The first-order valence-corrected chi connectivity index (χ1v) is 17.8. The molecule has 1 heterocycles. The van der Waals surface area contributed by atoms with Gasteiger partial charge in [0, 0.05) is 42.3 Å². The van der Waals surface area contributed by atoms with Crippen molar-refractivity contribution >= 4 is 70.1 Å². The SMILES string of the molecule is CC1(C)c2ccccc2-c2ccc(N(c3ccc(-c4ccc5ccccc5c4)cc3)c3c4ccccc4cc4sc5ccccc5c34)cc21. The molecule has 0 bridgehead atoms. The molecule has 8 aromatic carbocycles.